The summed E-state index contributed by atoms with van der Waals surface area (Å²) in [6.45, 7) is 1.31. The van der Waals surface area contributed by atoms with Crippen LogP contribution >= 0.6 is 0 Å². The molecule has 1 amide bonds. The van der Waals surface area contributed by atoms with Crippen molar-refractivity contribution in [2.75, 3.05) is 20.2 Å². The lowest BCUT2D eigenvalue weighted by atomic mass is 9.94. The van der Waals surface area contributed by atoms with E-state index in [1.807, 2.05) is 6.07 Å². The number of H-pyrrole nitrogens is 2. The van der Waals surface area contributed by atoms with E-state index in [1.165, 1.54) is 19.4 Å². The number of hydrogen-bond acceptors (Lipinski definition) is 4. The second kappa shape index (κ2) is 6.05. The molecule has 0 aliphatic carbocycles. The third kappa shape index (κ3) is 2.74. The number of likely N-dealkylation sites (tertiary alicyclic amines) is 1. The number of carbonyl (C=O) groups excluding carboxylic acids is 1. The number of rotatable bonds is 3. The average Bonchev–Trinajstić information content (AvgIpc) is 3.09. The van der Waals surface area contributed by atoms with Gasteiger partial charge in [-0.2, -0.15) is 5.10 Å². The van der Waals surface area contributed by atoms with Crippen LogP contribution in [0, 0.1) is 0 Å². The zero-order valence-corrected chi connectivity index (χ0v) is 12.3. The molecule has 3 heterocycles. The van der Waals surface area contributed by atoms with Gasteiger partial charge in [-0.15, -0.1) is 0 Å². The minimum absolute atomic E-state index is 0.163. The minimum atomic E-state index is -0.299. The summed E-state index contributed by atoms with van der Waals surface area (Å²) in [5.41, 5.74) is 1.03. The van der Waals surface area contributed by atoms with Gasteiger partial charge in [-0.05, 0) is 18.9 Å². The Hall–Kier alpha value is -2.57. The third-order valence-corrected chi connectivity index (χ3v) is 4.00. The van der Waals surface area contributed by atoms with Crippen molar-refractivity contribution in [1.29, 1.82) is 0 Å². The number of hydrogen-bond donors (Lipinski definition) is 2. The Morgan fingerprint density at radius 3 is 3.05 bits per heavy atom. The lowest BCUT2D eigenvalue weighted by Crippen LogP contribution is -2.39. The van der Waals surface area contributed by atoms with Crippen molar-refractivity contribution in [3.63, 3.8) is 0 Å². The average molecular weight is 302 g/mol. The van der Waals surface area contributed by atoms with E-state index in [9.17, 15) is 9.59 Å². The summed E-state index contributed by atoms with van der Waals surface area (Å²) in [6.07, 6.45) is 5.09. The molecule has 0 radical (unpaired) electrons. The summed E-state index contributed by atoms with van der Waals surface area (Å²) >= 11 is 0. The molecule has 116 valence electrons. The standard InChI is InChI=1S/C15H18N4O3/c1-22-14-8-16-12(7-13(14)20)15(21)19-6-2-3-10(9-19)11-4-5-17-18-11/h4-5,7-8,10H,2-3,6,9H2,1H3,(H,16,20)(H,17,18)/t10-/m0/s1. The molecule has 22 heavy (non-hydrogen) atoms. The van der Waals surface area contributed by atoms with Crippen LogP contribution in [0.1, 0.15) is 34.9 Å². The van der Waals surface area contributed by atoms with Crippen LogP contribution in [-0.4, -0.2) is 46.2 Å². The Bertz CT molecular complexity index is 708. The van der Waals surface area contributed by atoms with Crippen molar-refractivity contribution < 1.29 is 9.53 Å². The molecule has 0 spiro atoms. The van der Waals surface area contributed by atoms with Gasteiger partial charge >= 0.3 is 0 Å². The van der Waals surface area contributed by atoms with E-state index in [2.05, 4.69) is 15.2 Å². The van der Waals surface area contributed by atoms with E-state index in [0.29, 0.717) is 13.1 Å². The number of piperidine rings is 1. The number of aromatic nitrogens is 3. The molecule has 1 atom stereocenters. The van der Waals surface area contributed by atoms with E-state index in [1.54, 1.807) is 11.1 Å². The molecule has 1 aliphatic heterocycles. The molecule has 7 nitrogen and oxygen atoms in total. The molecule has 7 heteroatoms. The normalized spacial score (nSPS) is 18.2. The van der Waals surface area contributed by atoms with E-state index < -0.39 is 0 Å². The first-order valence-electron chi connectivity index (χ1n) is 7.24. The van der Waals surface area contributed by atoms with Crippen molar-refractivity contribution in [2.24, 2.45) is 0 Å². The van der Waals surface area contributed by atoms with Crippen molar-refractivity contribution in [2.45, 2.75) is 18.8 Å². The molecule has 1 aliphatic rings. The molecule has 0 bridgehead atoms. The van der Waals surface area contributed by atoms with Crippen molar-refractivity contribution >= 4 is 5.91 Å². The van der Waals surface area contributed by atoms with Crippen molar-refractivity contribution in [1.82, 2.24) is 20.1 Å². The van der Waals surface area contributed by atoms with E-state index in [-0.39, 0.29) is 28.7 Å². The van der Waals surface area contributed by atoms with Crippen LogP contribution in [0.25, 0.3) is 0 Å². The fourth-order valence-electron chi connectivity index (χ4n) is 2.82. The first-order chi connectivity index (χ1) is 10.7. The van der Waals surface area contributed by atoms with Crippen LogP contribution in [-0.2, 0) is 0 Å². The largest absolute Gasteiger partial charge is 0.491 e. The van der Waals surface area contributed by atoms with Gasteiger partial charge < -0.3 is 14.6 Å². The van der Waals surface area contributed by atoms with Crippen molar-refractivity contribution in [3.05, 3.63) is 46.1 Å². The van der Waals surface area contributed by atoms with E-state index >= 15 is 0 Å². The van der Waals surface area contributed by atoms with Gasteiger partial charge in [-0.1, -0.05) is 0 Å². The lowest BCUT2D eigenvalue weighted by molar-refractivity contribution is 0.0699. The summed E-state index contributed by atoms with van der Waals surface area (Å²) in [4.78, 5) is 28.9. The van der Waals surface area contributed by atoms with Gasteiger partial charge in [-0.3, -0.25) is 14.7 Å². The Kier molecular flexibility index (Phi) is 3.95. The number of nitrogens with one attached hydrogen (secondary N) is 2. The maximum atomic E-state index is 12.6. The summed E-state index contributed by atoms with van der Waals surface area (Å²) in [5, 5.41) is 6.93. The maximum absolute atomic E-state index is 12.6. The van der Waals surface area contributed by atoms with Gasteiger partial charge in [0.1, 0.15) is 5.69 Å². The summed E-state index contributed by atoms with van der Waals surface area (Å²) in [6, 6.07) is 3.23. The lowest BCUT2D eigenvalue weighted by Gasteiger charge is -2.32. The number of aromatic amines is 2. The monoisotopic (exact) mass is 302 g/mol. The number of methoxy groups -OCH3 is 1. The molecule has 1 fully saturated rings. The molecule has 0 aromatic carbocycles. The Balaban J connectivity index is 1.77. The second-order valence-corrected chi connectivity index (χ2v) is 5.38. The highest BCUT2D eigenvalue weighted by Gasteiger charge is 2.26. The van der Waals surface area contributed by atoms with E-state index in [0.717, 1.165) is 18.5 Å². The SMILES string of the molecule is COc1c[nH]c(C(=O)N2CCC[C@H](c3ccn[nH]3)C2)cc1=O. The number of pyridine rings is 1. The van der Waals surface area contributed by atoms with Gasteiger partial charge in [0.05, 0.1) is 7.11 Å². The number of nitrogens with zero attached hydrogens (tertiary/aromatic N) is 2. The number of amides is 1. The van der Waals surface area contributed by atoms with Crippen molar-refractivity contribution in [3.8, 4) is 5.75 Å². The molecule has 1 saturated heterocycles. The molecule has 2 aromatic heterocycles. The Morgan fingerprint density at radius 1 is 1.50 bits per heavy atom. The molecule has 0 unspecified atom stereocenters. The predicted octanol–water partition coefficient (Wildman–Crippen LogP) is 1.13. The summed E-state index contributed by atoms with van der Waals surface area (Å²) < 4.78 is 4.91. The zero-order valence-electron chi connectivity index (χ0n) is 12.3. The van der Waals surface area contributed by atoms with Crippen LogP contribution in [0.3, 0.4) is 0 Å². The van der Waals surface area contributed by atoms with Gasteiger partial charge in [0.2, 0.25) is 5.43 Å². The second-order valence-electron chi connectivity index (χ2n) is 5.38. The Labute approximate surface area is 127 Å². The zero-order chi connectivity index (χ0) is 15.5. The summed E-state index contributed by atoms with van der Waals surface area (Å²) in [7, 11) is 1.42. The smallest absolute Gasteiger partial charge is 0.270 e. The molecular formula is C15H18N4O3. The fourth-order valence-corrected chi connectivity index (χ4v) is 2.82. The minimum Gasteiger partial charge on any atom is -0.491 e. The van der Waals surface area contributed by atoms with Crippen LogP contribution in [0.2, 0.25) is 0 Å². The quantitative estimate of drug-likeness (QED) is 0.889. The summed E-state index contributed by atoms with van der Waals surface area (Å²) in [5.74, 6) is 0.291. The molecule has 2 N–H and O–H groups in total. The molecule has 0 saturated carbocycles. The topological polar surface area (TPSA) is 91.1 Å². The van der Waals surface area contributed by atoms with Gasteiger partial charge in [0.25, 0.3) is 5.91 Å². The van der Waals surface area contributed by atoms with Gasteiger partial charge in [-0.25, -0.2) is 0 Å². The Morgan fingerprint density at radius 2 is 2.36 bits per heavy atom. The highest BCUT2D eigenvalue weighted by Crippen LogP contribution is 2.25. The van der Waals surface area contributed by atoms with Crippen LogP contribution in [0.15, 0.2) is 29.3 Å². The van der Waals surface area contributed by atoms with Crippen LogP contribution in [0.4, 0.5) is 0 Å². The molecule has 3 rings (SSSR count). The highest BCUT2D eigenvalue weighted by atomic mass is 16.5. The third-order valence-electron chi connectivity index (χ3n) is 4.00. The predicted molar refractivity (Wildman–Crippen MR) is 80.1 cm³/mol. The van der Waals surface area contributed by atoms with Gasteiger partial charge in [0.15, 0.2) is 5.75 Å². The first kappa shape index (κ1) is 14.4. The highest BCUT2D eigenvalue weighted by molar-refractivity contribution is 5.92. The van der Waals surface area contributed by atoms with Crippen LogP contribution < -0.4 is 10.2 Å². The number of carbonyl (C=O) groups is 1. The molecule has 2 aromatic rings. The molecular weight excluding hydrogens is 284 g/mol. The van der Waals surface area contributed by atoms with Gasteiger partial charge in [0, 0.05) is 43.2 Å². The first-order valence-corrected chi connectivity index (χ1v) is 7.24. The maximum Gasteiger partial charge on any atom is 0.270 e. The fraction of sp³-hybridized carbons (Fsp3) is 0.400. The number of ether oxygens (including phenoxy) is 1. The van der Waals surface area contributed by atoms with Crippen LogP contribution in [0.5, 0.6) is 5.75 Å². The van der Waals surface area contributed by atoms with E-state index in [4.69, 9.17) is 4.74 Å².